The Morgan fingerprint density at radius 1 is 1.35 bits per heavy atom. The van der Waals surface area contributed by atoms with Gasteiger partial charge in [0.1, 0.15) is 0 Å². The molecule has 0 saturated heterocycles. The van der Waals surface area contributed by atoms with Crippen molar-refractivity contribution < 1.29 is 13.2 Å². The number of nitrogens with one attached hydrogen (secondary N) is 1. The number of benzene rings is 1. The molecule has 5 nitrogen and oxygen atoms in total. The Balaban J connectivity index is 2.67. The predicted molar refractivity (Wildman–Crippen MR) is 66.6 cm³/mol. The second-order valence-corrected chi connectivity index (χ2v) is 4.50. The zero-order valence-corrected chi connectivity index (χ0v) is 11.4. The number of nitrogens with zero attached hydrogens (tertiary/aromatic N) is 4. The van der Waals surface area contributed by atoms with Crippen molar-refractivity contribution in [2.45, 2.75) is 19.1 Å². The second-order valence-electron chi connectivity index (χ2n) is 4.09. The molecule has 0 radical (unpaired) electrons. The summed E-state index contributed by atoms with van der Waals surface area (Å²) in [6.07, 6.45) is -4.55. The summed E-state index contributed by atoms with van der Waals surface area (Å²) in [5.41, 5.74) is -1.16. The van der Waals surface area contributed by atoms with Gasteiger partial charge in [-0.15, -0.1) is 5.10 Å². The van der Waals surface area contributed by atoms with Gasteiger partial charge in [0.2, 0.25) is 0 Å². The lowest BCUT2D eigenvalue weighted by Crippen LogP contribution is -2.20. The molecule has 0 amide bonds. The van der Waals surface area contributed by atoms with E-state index in [9.17, 15) is 13.2 Å². The van der Waals surface area contributed by atoms with Crippen LogP contribution in [0.4, 0.5) is 13.2 Å². The van der Waals surface area contributed by atoms with Crippen molar-refractivity contribution in [3.8, 4) is 5.69 Å². The summed E-state index contributed by atoms with van der Waals surface area (Å²) in [7, 11) is 1.65. The highest BCUT2D eigenvalue weighted by Crippen LogP contribution is 2.37. The molecule has 0 bridgehead atoms. The van der Waals surface area contributed by atoms with E-state index >= 15 is 0 Å². The lowest BCUT2D eigenvalue weighted by molar-refractivity contribution is -0.137. The van der Waals surface area contributed by atoms with Crippen molar-refractivity contribution in [1.29, 1.82) is 0 Å². The molecule has 1 unspecified atom stereocenters. The highest BCUT2D eigenvalue weighted by molar-refractivity contribution is 6.32. The molecule has 1 atom stereocenters. The predicted octanol–water partition coefficient (Wildman–Crippen LogP) is 2.61. The summed E-state index contributed by atoms with van der Waals surface area (Å²) in [6.45, 7) is 1.73. The minimum atomic E-state index is -4.55. The number of para-hydroxylation sites is 1. The van der Waals surface area contributed by atoms with E-state index in [1.54, 1.807) is 14.0 Å². The lowest BCUT2D eigenvalue weighted by atomic mass is 10.1. The molecule has 9 heteroatoms. The Labute approximate surface area is 117 Å². The van der Waals surface area contributed by atoms with Gasteiger partial charge in [0.15, 0.2) is 5.82 Å². The first-order valence-electron chi connectivity index (χ1n) is 5.68. The SMILES string of the molecule is CNC(C)c1nnnn1-c1c(Cl)cccc1C(F)(F)F. The van der Waals surface area contributed by atoms with Crippen LogP contribution in [0.25, 0.3) is 5.69 Å². The van der Waals surface area contributed by atoms with E-state index in [1.807, 2.05) is 0 Å². The minimum Gasteiger partial charge on any atom is -0.311 e. The van der Waals surface area contributed by atoms with Gasteiger partial charge in [-0.05, 0) is 36.5 Å². The third-order valence-electron chi connectivity index (χ3n) is 2.82. The van der Waals surface area contributed by atoms with Crippen LogP contribution in [-0.2, 0) is 6.18 Å². The van der Waals surface area contributed by atoms with Gasteiger partial charge in [-0.25, -0.2) is 0 Å². The van der Waals surface area contributed by atoms with Crippen LogP contribution >= 0.6 is 11.6 Å². The molecule has 0 aliphatic heterocycles. The number of rotatable bonds is 3. The summed E-state index contributed by atoms with van der Waals surface area (Å²) in [4.78, 5) is 0. The second kappa shape index (κ2) is 5.37. The van der Waals surface area contributed by atoms with Gasteiger partial charge in [-0.3, -0.25) is 0 Å². The van der Waals surface area contributed by atoms with Crippen molar-refractivity contribution in [3.05, 3.63) is 34.6 Å². The Morgan fingerprint density at radius 3 is 2.65 bits per heavy atom. The first-order chi connectivity index (χ1) is 9.36. The molecule has 1 aromatic carbocycles. The molecule has 1 heterocycles. The average Bonchev–Trinajstić information content (AvgIpc) is 2.85. The molecule has 0 fully saturated rings. The van der Waals surface area contributed by atoms with E-state index in [2.05, 4.69) is 20.8 Å². The van der Waals surface area contributed by atoms with Gasteiger partial charge in [0.05, 0.1) is 22.3 Å². The number of hydrogen-bond acceptors (Lipinski definition) is 4. The van der Waals surface area contributed by atoms with E-state index in [0.29, 0.717) is 0 Å². The third kappa shape index (κ3) is 2.61. The quantitative estimate of drug-likeness (QED) is 0.947. The van der Waals surface area contributed by atoms with Crippen LogP contribution < -0.4 is 5.32 Å². The van der Waals surface area contributed by atoms with Gasteiger partial charge in [-0.2, -0.15) is 17.9 Å². The van der Waals surface area contributed by atoms with Crippen molar-refractivity contribution in [3.63, 3.8) is 0 Å². The van der Waals surface area contributed by atoms with E-state index in [1.165, 1.54) is 12.1 Å². The maximum absolute atomic E-state index is 13.1. The summed E-state index contributed by atoms with van der Waals surface area (Å²) in [5, 5.41) is 13.6. The van der Waals surface area contributed by atoms with E-state index in [4.69, 9.17) is 11.6 Å². The fourth-order valence-electron chi connectivity index (χ4n) is 1.71. The van der Waals surface area contributed by atoms with Gasteiger partial charge >= 0.3 is 6.18 Å². The minimum absolute atomic E-state index is 0.0725. The molecule has 1 aromatic heterocycles. The van der Waals surface area contributed by atoms with Gasteiger partial charge < -0.3 is 5.32 Å². The van der Waals surface area contributed by atoms with Crippen LogP contribution in [0.1, 0.15) is 24.4 Å². The van der Waals surface area contributed by atoms with E-state index < -0.39 is 11.7 Å². The summed E-state index contributed by atoms with van der Waals surface area (Å²) in [6, 6.07) is 3.21. The van der Waals surface area contributed by atoms with Crippen LogP contribution in [0.15, 0.2) is 18.2 Å². The molecule has 1 N–H and O–H groups in total. The smallest absolute Gasteiger partial charge is 0.311 e. The zero-order valence-electron chi connectivity index (χ0n) is 10.6. The van der Waals surface area contributed by atoms with Crippen LogP contribution in [0, 0.1) is 0 Å². The number of aromatic nitrogens is 4. The lowest BCUT2D eigenvalue weighted by Gasteiger charge is -2.16. The average molecular weight is 306 g/mol. The highest BCUT2D eigenvalue weighted by atomic mass is 35.5. The molecule has 0 spiro atoms. The molecule has 20 heavy (non-hydrogen) atoms. The van der Waals surface area contributed by atoms with Crippen LogP contribution in [0.3, 0.4) is 0 Å². The number of halogens is 4. The molecule has 2 rings (SSSR count). The van der Waals surface area contributed by atoms with Gasteiger partial charge in [-0.1, -0.05) is 17.7 Å². The monoisotopic (exact) mass is 305 g/mol. The Kier molecular flexibility index (Phi) is 3.96. The molecular formula is C11H11ClF3N5. The first-order valence-corrected chi connectivity index (χ1v) is 6.05. The highest BCUT2D eigenvalue weighted by Gasteiger charge is 2.36. The molecule has 0 aliphatic carbocycles. The van der Waals surface area contributed by atoms with Crippen LogP contribution in [-0.4, -0.2) is 27.3 Å². The Morgan fingerprint density at radius 2 is 2.05 bits per heavy atom. The van der Waals surface area contributed by atoms with Crippen molar-refractivity contribution in [2.24, 2.45) is 0 Å². The maximum atomic E-state index is 13.1. The van der Waals surface area contributed by atoms with E-state index in [-0.39, 0.29) is 22.6 Å². The van der Waals surface area contributed by atoms with Gasteiger partial charge in [0, 0.05) is 0 Å². The zero-order chi connectivity index (χ0) is 14.9. The van der Waals surface area contributed by atoms with Gasteiger partial charge in [0.25, 0.3) is 0 Å². The van der Waals surface area contributed by atoms with Crippen LogP contribution in [0.2, 0.25) is 5.02 Å². The first kappa shape index (κ1) is 14.7. The summed E-state index contributed by atoms with van der Waals surface area (Å²) < 4.78 is 40.2. The molecule has 0 saturated carbocycles. The molecule has 0 aliphatic rings. The maximum Gasteiger partial charge on any atom is 0.418 e. The van der Waals surface area contributed by atoms with Crippen molar-refractivity contribution in [2.75, 3.05) is 7.05 Å². The Bertz CT molecular complexity index is 610. The molecule has 108 valence electrons. The fourth-order valence-corrected chi connectivity index (χ4v) is 1.97. The largest absolute Gasteiger partial charge is 0.418 e. The van der Waals surface area contributed by atoms with E-state index in [0.717, 1.165) is 10.7 Å². The number of tetrazole rings is 1. The summed E-state index contributed by atoms with van der Waals surface area (Å²) in [5.74, 6) is 0.242. The number of alkyl halides is 3. The fraction of sp³-hybridized carbons (Fsp3) is 0.364. The van der Waals surface area contributed by atoms with Crippen molar-refractivity contribution >= 4 is 11.6 Å². The molecule has 2 aromatic rings. The van der Waals surface area contributed by atoms with Crippen LogP contribution in [0.5, 0.6) is 0 Å². The Hall–Kier alpha value is -1.67. The standard InChI is InChI=1S/C11H11ClF3N5/c1-6(16-2)10-17-18-19-20(10)9-7(11(13,14)15)4-3-5-8(9)12/h3-6,16H,1-2H3. The summed E-state index contributed by atoms with van der Waals surface area (Å²) >= 11 is 5.91. The topological polar surface area (TPSA) is 55.6 Å². The number of hydrogen-bond donors (Lipinski definition) is 1. The molecular weight excluding hydrogens is 295 g/mol. The third-order valence-corrected chi connectivity index (χ3v) is 3.12. The normalized spacial score (nSPS) is 13.5. The van der Waals surface area contributed by atoms with Crippen molar-refractivity contribution in [1.82, 2.24) is 25.5 Å².